The average molecular weight is 841 g/mol. The predicted octanol–water partition coefficient (Wildman–Crippen LogP) is 9.74. The predicted molar refractivity (Wildman–Crippen MR) is 235 cm³/mol. The standard InChI is InChI=1S/C47H48N6O7S/c1-47(2)20-22-52(44(47)39-6-4-3-5-38(39)32-7-8-32)35-12-9-31(10-13-35)33-11-15-40(43(26-33)60-36-25-34-17-21-48-45(34)50-29-36)46(54)51-61(57,58)37-14-16-41(42(27-37)53(55)56)49-28-30-18-23-59-24-19-30/h3-6,9-17,21,25-27,29-30,32,44,49H,7-8,18-20,22-24,28H2,1-2H3,(H,48,50)(H,51,54). The maximum Gasteiger partial charge on any atom is 0.293 e. The third-order valence-electron chi connectivity index (χ3n) is 12.3. The van der Waals surface area contributed by atoms with Crippen molar-refractivity contribution in [1.29, 1.82) is 0 Å². The number of sulfonamides is 1. The van der Waals surface area contributed by atoms with Crippen LogP contribution in [0.4, 0.5) is 17.1 Å². The van der Waals surface area contributed by atoms with E-state index < -0.39 is 31.4 Å². The van der Waals surface area contributed by atoms with Crippen molar-refractivity contribution in [1.82, 2.24) is 14.7 Å². The van der Waals surface area contributed by atoms with Gasteiger partial charge in [0, 0.05) is 49.6 Å². The van der Waals surface area contributed by atoms with E-state index >= 15 is 0 Å². The van der Waals surface area contributed by atoms with Gasteiger partial charge in [0.1, 0.15) is 22.8 Å². The van der Waals surface area contributed by atoms with Crippen LogP contribution >= 0.6 is 0 Å². The van der Waals surface area contributed by atoms with Crippen molar-refractivity contribution in [2.75, 3.05) is 36.5 Å². The van der Waals surface area contributed by atoms with Gasteiger partial charge in [0.25, 0.3) is 21.6 Å². The summed E-state index contributed by atoms with van der Waals surface area (Å²) in [5.74, 6) is 0.384. The molecule has 0 radical (unpaired) electrons. The van der Waals surface area contributed by atoms with Gasteiger partial charge in [-0.25, -0.2) is 18.1 Å². The van der Waals surface area contributed by atoms with E-state index in [1.165, 1.54) is 48.4 Å². The minimum Gasteiger partial charge on any atom is -0.455 e. The third-order valence-corrected chi connectivity index (χ3v) is 13.7. The van der Waals surface area contributed by atoms with Crippen molar-refractivity contribution in [2.45, 2.75) is 62.8 Å². The van der Waals surface area contributed by atoms with E-state index in [0.29, 0.717) is 37.1 Å². The van der Waals surface area contributed by atoms with E-state index in [4.69, 9.17) is 9.47 Å². The van der Waals surface area contributed by atoms with Crippen molar-refractivity contribution < 1.29 is 27.6 Å². The number of pyridine rings is 1. The first-order valence-corrected chi connectivity index (χ1v) is 22.3. The Morgan fingerprint density at radius 2 is 1.70 bits per heavy atom. The summed E-state index contributed by atoms with van der Waals surface area (Å²) in [5, 5.41) is 16.0. The zero-order chi connectivity index (χ0) is 42.3. The fourth-order valence-electron chi connectivity index (χ4n) is 8.83. The fraction of sp³-hybridized carbons (Fsp3) is 0.319. The number of benzene rings is 4. The quantitative estimate of drug-likeness (QED) is 0.0752. The highest BCUT2D eigenvalue weighted by Gasteiger charge is 2.43. The minimum absolute atomic E-state index is 0.0566. The molecule has 0 bridgehead atoms. The van der Waals surface area contributed by atoms with Gasteiger partial charge in [-0.2, -0.15) is 0 Å². The Morgan fingerprint density at radius 3 is 2.46 bits per heavy atom. The lowest BCUT2D eigenvalue weighted by molar-refractivity contribution is -0.384. The van der Waals surface area contributed by atoms with Gasteiger partial charge >= 0.3 is 0 Å². The number of rotatable bonds is 13. The summed E-state index contributed by atoms with van der Waals surface area (Å²) in [4.78, 5) is 34.9. The number of amides is 1. The van der Waals surface area contributed by atoms with E-state index in [1.807, 2.05) is 6.07 Å². The molecule has 3 aliphatic rings. The molecule has 13 nitrogen and oxygen atoms in total. The van der Waals surface area contributed by atoms with E-state index in [2.05, 4.69) is 87.3 Å². The topological polar surface area (TPSA) is 169 Å². The van der Waals surface area contributed by atoms with Crippen molar-refractivity contribution in [3.63, 3.8) is 0 Å². The Hall–Kier alpha value is -6.25. The summed E-state index contributed by atoms with van der Waals surface area (Å²) in [5.41, 5.74) is 6.07. The lowest BCUT2D eigenvalue weighted by atomic mass is 9.79. The van der Waals surface area contributed by atoms with Crippen LogP contribution in [-0.4, -0.2) is 55.5 Å². The molecule has 14 heteroatoms. The van der Waals surface area contributed by atoms with Crippen molar-refractivity contribution in [2.24, 2.45) is 11.3 Å². The van der Waals surface area contributed by atoms with Gasteiger partial charge in [-0.1, -0.05) is 56.3 Å². The van der Waals surface area contributed by atoms with Crippen LogP contribution in [0.1, 0.15) is 79.4 Å². The van der Waals surface area contributed by atoms with Crippen LogP contribution in [0.2, 0.25) is 0 Å². The Bertz CT molecular complexity index is 2720. The maximum atomic E-state index is 13.9. The third kappa shape index (κ3) is 8.42. The second-order valence-corrected chi connectivity index (χ2v) is 18.7. The van der Waals surface area contributed by atoms with Gasteiger partial charge in [0.2, 0.25) is 0 Å². The van der Waals surface area contributed by atoms with Gasteiger partial charge in [-0.15, -0.1) is 0 Å². The SMILES string of the molecule is CC1(C)CCN(c2ccc(-c3ccc(C(=O)NS(=O)(=O)c4ccc(NCC5CCOCC5)c([N+](=O)[O-])c4)c(Oc4cnc5[nH]ccc5c4)c3)cc2)C1c1ccccc1C1CC1. The zero-order valence-electron chi connectivity index (χ0n) is 34.1. The summed E-state index contributed by atoms with van der Waals surface area (Å²) >= 11 is 0. The van der Waals surface area contributed by atoms with E-state index in [-0.39, 0.29) is 34.4 Å². The number of hydrogen-bond acceptors (Lipinski definition) is 10. The van der Waals surface area contributed by atoms with Gasteiger partial charge in [0.15, 0.2) is 0 Å². The molecule has 1 saturated carbocycles. The van der Waals surface area contributed by atoms with Crippen molar-refractivity contribution in [3.8, 4) is 22.6 Å². The molecule has 2 aliphatic heterocycles. The molecule has 3 N–H and O–H groups in total. The molecule has 2 aromatic heterocycles. The van der Waals surface area contributed by atoms with Gasteiger partial charge < -0.3 is 24.7 Å². The number of nitro benzene ring substituents is 1. The molecule has 1 atom stereocenters. The number of fused-ring (bicyclic) bond motifs is 1. The Balaban J connectivity index is 0.993. The van der Waals surface area contributed by atoms with Gasteiger partial charge in [0.05, 0.1) is 27.6 Å². The van der Waals surface area contributed by atoms with Crippen LogP contribution in [-0.2, 0) is 14.8 Å². The summed E-state index contributed by atoms with van der Waals surface area (Å²) in [7, 11) is -4.56. The highest BCUT2D eigenvalue weighted by atomic mass is 32.2. The van der Waals surface area contributed by atoms with Crippen LogP contribution in [0.3, 0.4) is 0 Å². The summed E-state index contributed by atoms with van der Waals surface area (Å²) < 4.78 is 41.2. The van der Waals surface area contributed by atoms with Crippen LogP contribution in [0.25, 0.3) is 22.2 Å². The molecule has 1 unspecified atom stereocenters. The number of nitrogens with one attached hydrogen (secondary N) is 3. The molecule has 4 aromatic carbocycles. The number of ether oxygens (including phenoxy) is 2. The van der Waals surface area contributed by atoms with Crippen molar-refractivity contribution in [3.05, 3.63) is 136 Å². The summed E-state index contributed by atoms with van der Waals surface area (Å²) in [6, 6.07) is 29.6. The largest absolute Gasteiger partial charge is 0.455 e. The molecule has 3 fully saturated rings. The molecule has 4 heterocycles. The molecule has 9 rings (SSSR count). The van der Waals surface area contributed by atoms with Crippen LogP contribution in [0.5, 0.6) is 11.5 Å². The number of carbonyl (C=O) groups excluding carboxylic acids is 1. The number of aromatic amines is 1. The first kappa shape index (κ1) is 40.2. The summed E-state index contributed by atoms with van der Waals surface area (Å²) in [6.07, 6.45) is 8.47. The first-order chi connectivity index (χ1) is 29.4. The average Bonchev–Trinajstić information content (AvgIpc) is 3.92. The molecule has 6 aromatic rings. The van der Waals surface area contributed by atoms with E-state index in [1.54, 1.807) is 24.4 Å². The molecule has 1 aliphatic carbocycles. The maximum absolute atomic E-state index is 13.9. The number of anilines is 2. The Kier molecular flexibility index (Phi) is 10.7. The lowest BCUT2D eigenvalue weighted by Gasteiger charge is -2.36. The van der Waals surface area contributed by atoms with Crippen molar-refractivity contribution >= 4 is 44.0 Å². The number of nitrogens with zero attached hydrogens (tertiary/aromatic N) is 3. The van der Waals surface area contributed by atoms with E-state index in [0.717, 1.165) is 54.1 Å². The lowest BCUT2D eigenvalue weighted by Crippen LogP contribution is -2.31. The van der Waals surface area contributed by atoms with Crippen LogP contribution in [0, 0.1) is 21.4 Å². The molecular formula is C47H48N6O7S. The number of carbonyl (C=O) groups is 1. The zero-order valence-corrected chi connectivity index (χ0v) is 34.9. The van der Waals surface area contributed by atoms with Gasteiger partial charge in [-0.05, 0) is 120 Å². The monoisotopic (exact) mass is 840 g/mol. The molecule has 1 amide bonds. The Labute approximate surface area is 354 Å². The fourth-order valence-corrected chi connectivity index (χ4v) is 9.82. The minimum atomic E-state index is -4.56. The second-order valence-electron chi connectivity index (χ2n) is 17.0. The molecule has 0 spiro atoms. The normalized spacial score (nSPS) is 17.9. The number of H-pyrrole nitrogens is 1. The second kappa shape index (κ2) is 16.3. The molecule has 61 heavy (non-hydrogen) atoms. The van der Waals surface area contributed by atoms with E-state index in [9.17, 15) is 23.3 Å². The number of nitro groups is 1. The highest BCUT2D eigenvalue weighted by molar-refractivity contribution is 7.90. The smallest absolute Gasteiger partial charge is 0.293 e. The molecular weight excluding hydrogens is 793 g/mol. The summed E-state index contributed by atoms with van der Waals surface area (Å²) in [6.45, 7) is 7.39. The Morgan fingerprint density at radius 1 is 0.951 bits per heavy atom. The first-order valence-electron chi connectivity index (χ1n) is 20.8. The molecule has 2 saturated heterocycles. The number of aromatic nitrogens is 2. The van der Waals surface area contributed by atoms with Gasteiger partial charge in [-0.3, -0.25) is 14.9 Å². The number of hydrogen-bond donors (Lipinski definition) is 3. The van der Waals surface area contributed by atoms with Crippen LogP contribution in [0.15, 0.2) is 114 Å². The molecule has 314 valence electrons. The highest BCUT2D eigenvalue weighted by Crippen LogP contribution is 2.53. The van der Waals surface area contributed by atoms with Crippen LogP contribution < -0.4 is 19.7 Å².